The van der Waals surface area contributed by atoms with Crippen molar-refractivity contribution in [2.75, 3.05) is 18.4 Å². The van der Waals surface area contributed by atoms with Crippen LogP contribution in [0.25, 0.3) is 0 Å². The van der Waals surface area contributed by atoms with E-state index in [1.807, 2.05) is 28.5 Å². The Morgan fingerprint density at radius 3 is 2.60 bits per heavy atom. The Hall–Kier alpha value is -2.25. The molecule has 5 nitrogen and oxygen atoms in total. The van der Waals surface area contributed by atoms with Crippen LogP contribution in [-0.4, -0.2) is 34.9 Å². The number of carbonyl (C=O) groups excluding carboxylic acids is 2. The summed E-state index contributed by atoms with van der Waals surface area (Å²) in [7, 11) is 0. The maximum absolute atomic E-state index is 12.6. The molecule has 1 aliphatic rings. The first-order valence-electron chi connectivity index (χ1n) is 8.18. The van der Waals surface area contributed by atoms with Crippen LogP contribution >= 0.6 is 23.6 Å². The van der Waals surface area contributed by atoms with Crippen LogP contribution in [-0.2, 0) is 0 Å². The number of rotatable bonds is 3. The van der Waals surface area contributed by atoms with E-state index < -0.39 is 0 Å². The Labute approximate surface area is 156 Å². The van der Waals surface area contributed by atoms with Gasteiger partial charge in [0.15, 0.2) is 5.11 Å². The summed E-state index contributed by atoms with van der Waals surface area (Å²) in [6.07, 6.45) is 3.30. The van der Waals surface area contributed by atoms with Gasteiger partial charge in [0.1, 0.15) is 0 Å². The maximum atomic E-state index is 12.6. The molecule has 1 aromatic heterocycles. The quantitative estimate of drug-likeness (QED) is 0.809. The van der Waals surface area contributed by atoms with Crippen LogP contribution in [0.1, 0.15) is 39.3 Å². The van der Waals surface area contributed by atoms with E-state index in [0.717, 1.165) is 25.9 Å². The molecule has 7 heteroatoms. The largest absolute Gasteiger partial charge is 0.339 e. The van der Waals surface area contributed by atoms with Crippen molar-refractivity contribution in [3.8, 4) is 0 Å². The van der Waals surface area contributed by atoms with E-state index in [1.165, 1.54) is 17.8 Å². The zero-order chi connectivity index (χ0) is 17.6. The van der Waals surface area contributed by atoms with Crippen LogP contribution in [0.4, 0.5) is 5.69 Å². The zero-order valence-electron chi connectivity index (χ0n) is 13.7. The van der Waals surface area contributed by atoms with Gasteiger partial charge in [0, 0.05) is 24.3 Å². The number of amides is 2. The second-order valence-corrected chi connectivity index (χ2v) is 7.18. The highest BCUT2D eigenvalue weighted by Crippen LogP contribution is 2.16. The lowest BCUT2D eigenvalue weighted by atomic mass is 10.1. The fraction of sp³-hybridized carbons (Fsp3) is 0.278. The summed E-state index contributed by atoms with van der Waals surface area (Å²) in [4.78, 5) is 27.1. The standard InChI is InChI=1S/C18H19N3O2S2/c22-16(15-8-5-11-25-15)20-18(24)19-14-7-4-6-13(12-14)17(23)21-9-2-1-3-10-21/h4-8,11-12H,1-3,9-10H2,(H2,19,20,22,24). The van der Waals surface area contributed by atoms with Crippen LogP contribution in [0.15, 0.2) is 41.8 Å². The second-order valence-electron chi connectivity index (χ2n) is 5.82. The molecule has 0 bridgehead atoms. The molecule has 2 aromatic rings. The predicted octanol–water partition coefficient (Wildman–Crippen LogP) is 3.50. The fourth-order valence-corrected chi connectivity index (χ4v) is 3.57. The molecule has 0 radical (unpaired) electrons. The molecule has 1 saturated heterocycles. The van der Waals surface area contributed by atoms with E-state index in [2.05, 4.69) is 10.6 Å². The smallest absolute Gasteiger partial charge is 0.267 e. The number of nitrogens with one attached hydrogen (secondary N) is 2. The van der Waals surface area contributed by atoms with Gasteiger partial charge in [-0.3, -0.25) is 14.9 Å². The Kier molecular flexibility index (Phi) is 5.78. The summed E-state index contributed by atoms with van der Waals surface area (Å²) in [5.41, 5.74) is 1.30. The number of hydrogen-bond acceptors (Lipinski definition) is 4. The molecule has 2 heterocycles. The van der Waals surface area contributed by atoms with Gasteiger partial charge in [0.05, 0.1) is 4.88 Å². The Bertz CT molecular complexity index is 768. The number of piperidine rings is 1. The highest BCUT2D eigenvalue weighted by atomic mass is 32.1. The predicted molar refractivity (Wildman–Crippen MR) is 104 cm³/mol. The second kappa shape index (κ2) is 8.22. The molecule has 0 unspecified atom stereocenters. The van der Waals surface area contributed by atoms with E-state index in [-0.39, 0.29) is 16.9 Å². The van der Waals surface area contributed by atoms with Gasteiger partial charge < -0.3 is 10.2 Å². The maximum Gasteiger partial charge on any atom is 0.267 e. The summed E-state index contributed by atoms with van der Waals surface area (Å²) in [5.74, 6) is -0.204. The first kappa shape index (κ1) is 17.6. The monoisotopic (exact) mass is 373 g/mol. The number of thiophene rings is 1. The van der Waals surface area contributed by atoms with Gasteiger partial charge in [-0.1, -0.05) is 12.1 Å². The van der Waals surface area contributed by atoms with Crippen molar-refractivity contribution in [2.45, 2.75) is 19.3 Å². The molecule has 0 atom stereocenters. The average Bonchev–Trinajstić information content (AvgIpc) is 3.17. The van der Waals surface area contributed by atoms with Crippen molar-refractivity contribution < 1.29 is 9.59 Å². The lowest BCUT2D eigenvalue weighted by Gasteiger charge is -2.26. The summed E-state index contributed by atoms with van der Waals surface area (Å²) in [5, 5.41) is 7.65. The highest BCUT2D eigenvalue weighted by molar-refractivity contribution is 7.80. The van der Waals surface area contributed by atoms with Crippen LogP contribution in [0.2, 0.25) is 0 Å². The van der Waals surface area contributed by atoms with Crippen LogP contribution in [0.5, 0.6) is 0 Å². The van der Waals surface area contributed by atoms with Gasteiger partial charge >= 0.3 is 0 Å². The van der Waals surface area contributed by atoms with Gasteiger partial charge in [-0.15, -0.1) is 11.3 Å². The summed E-state index contributed by atoms with van der Waals surface area (Å²) >= 11 is 6.54. The molecule has 2 N–H and O–H groups in total. The number of anilines is 1. The van der Waals surface area contributed by atoms with Crippen LogP contribution in [0.3, 0.4) is 0 Å². The van der Waals surface area contributed by atoms with E-state index in [1.54, 1.807) is 18.2 Å². The number of nitrogens with zero attached hydrogens (tertiary/aromatic N) is 1. The first-order chi connectivity index (χ1) is 12.1. The normalized spacial score (nSPS) is 14.0. The Morgan fingerprint density at radius 1 is 1.08 bits per heavy atom. The summed E-state index contributed by atoms with van der Waals surface area (Å²) in [6.45, 7) is 1.62. The van der Waals surface area contributed by atoms with Crippen molar-refractivity contribution in [1.29, 1.82) is 0 Å². The summed E-state index contributed by atoms with van der Waals surface area (Å²) in [6, 6.07) is 10.7. The third kappa shape index (κ3) is 4.64. The van der Waals surface area contributed by atoms with E-state index >= 15 is 0 Å². The molecule has 0 aliphatic carbocycles. The number of benzene rings is 1. The molecule has 2 amide bonds. The van der Waals surface area contributed by atoms with Gasteiger partial charge in [-0.2, -0.15) is 0 Å². The molecule has 3 rings (SSSR count). The molecule has 0 saturated carbocycles. The van der Waals surface area contributed by atoms with Gasteiger partial charge in [0.2, 0.25) is 0 Å². The molecule has 1 aliphatic heterocycles. The minimum Gasteiger partial charge on any atom is -0.339 e. The van der Waals surface area contributed by atoms with Gasteiger partial charge in [-0.05, 0) is 61.1 Å². The highest BCUT2D eigenvalue weighted by Gasteiger charge is 2.18. The minimum absolute atomic E-state index is 0.0388. The van der Waals surface area contributed by atoms with E-state index in [9.17, 15) is 9.59 Å². The van der Waals surface area contributed by atoms with Gasteiger partial charge in [-0.25, -0.2) is 0 Å². The molecule has 1 aromatic carbocycles. The van der Waals surface area contributed by atoms with Crippen molar-refractivity contribution in [3.05, 3.63) is 52.2 Å². The zero-order valence-corrected chi connectivity index (χ0v) is 15.3. The summed E-state index contributed by atoms with van der Waals surface area (Å²) < 4.78 is 0. The van der Waals surface area contributed by atoms with Crippen molar-refractivity contribution in [1.82, 2.24) is 10.2 Å². The third-order valence-electron chi connectivity index (χ3n) is 3.98. The Balaban J connectivity index is 1.62. The lowest BCUT2D eigenvalue weighted by Crippen LogP contribution is -2.36. The molecular formula is C18H19N3O2S2. The molecule has 0 spiro atoms. The number of thiocarbonyl (C=S) groups is 1. The third-order valence-corrected chi connectivity index (χ3v) is 5.06. The number of hydrogen-bond donors (Lipinski definition) is 2. The SMILES string of the molecule is O=C(NC(=S)Nc1cccc(C(=O)N2CCCCC2)c1)c1cccs1. The van der Waals surface area contributed by atoms with Gasteiger partial charge in [0.25, 0.3) is 11.8 Å². The molecule has 25 heavy (non-hydrogen) atoms. The van der Waals surface area contributed by atoms with Crippen molar-refractivity contribution in [3.63, 3.8) is 0 Å². The van der Waals surface area contributed by atoms with Crippen LogP contribution in [0, 0.1) is 0 Å². The van der Waals surface area contributed by atoms with Crippen molar-refractivity contribution in [2.24, 2.45) is 0 Å². The first-order valence-corrected chi connectivity index (χ1v) is 9.47. The van der Waals surface area contributed by atoms with Crippen LogP contribution < -0.4 is 10.6 Å². The van der Waals surface area contributed by atoms with Crippen molar-refractivity contribution >= 4 is 46.2 Å². The van der Waals surface area contributed by atoms with E-state index in [4.69, 9.17) is 12.2 Å². The minimum atomic E-state index is -0.243. The lowest BCUT2D eigenvalue weighted by molar-refractivity contribution is 0.0724. The number of likely N-dealkylation sites (tertiary alicyclic amines) is 1. The fourth-order valence-electron chi connectivity index (χ4n) is 2.74. The Morgan fingerprint density at radius 2 is 1.88 bits per heavy atom. The van der Waals surface area contributed by atoms with E-state index in [0.29, 0.717) is 16.1 Å². The molecule has 130 valence electrons. The molecule has 1 fully saturated rings. The topological polar surface area (TPSA) is 61.4 Å². The number of carbonyl (C=O) groups is 2. The molecular weight excluding hydrogens is 354 g/mol. The average molecular weight is 374 g/mol.